The van der Waals surface area contributed by atoms with Crippen LogP contribution in [-0.4, -0.2) is 46.7 Å². The third-order valence-electron chi connectivity index (χ3n) is 3.85. The molecule has 0 saturated heterocycles. The smallest absolute Gasteiger partial charge is 0.307 e. The van der Waals surface area contributed by atoms with Gasteiger partial charge in [0.2, 0.25) is 5.91 Å². The summed E-state index contributed by atoms with van der Waals surface area (Å²) in [6, 6.07) is 0. The molecule has 0 bridgehead atoms. The van der Waals surface area contributed by atoms with Crippen molar-refractivity contribution in [2.45, 2.75) is 51.9 Å². The molecule has 0 aromatic carbocycles. The molecule has 1 rings (SSSR count). The fourth-order valence-electron chi connectivity index (χ4n) is 2.48. The van der Waals surface area contributed by atoms with E-state index in [1.165, 1.54) is 19.3 Å². The molecule has 2 N–H and O–H groups in total. The van der Waals surface area contributed by atoms with Gasteiger partial charge in [0, 0.05) is 19.7 Å². The van der Waals surface area contributed by atoms with Gasteiger partial charge in [0.05, 0.1) is 11.8 Å². The van der Waals surface area contributed by atoms with Crippen LogP contribution >= 0.6 is 0 Å². The highest BCUT2D eigenvalue weighted by molar-refractivity contribution is 5.89. The molecule has 5 nitrogen and oxygen atoms in total. The number of carboxylic acid groups (broad SMARTS) is 1. The van der Waals surface area contributed by atoms with Gasteiger partial charge in [-0.25, -0.2) is 0 Å². The van der Waals surface area contributed by atoms with Gasteiger partial charge in [0.15, 0.2) is 0 Å². The van der Waals surface area contributed by atoms with Crippen molar-refractivity contribution in [2.24, 2.45) is 11.8 Å². The summed E-state index contributed by atoms with van der Waals surface area (Å²) >= 11 is 0. The Bertz CT molecular complexity index is 319. The Morgan fingerprint density at radius 2 is 1.70 bits per heavy atom. The second-order valence-electron chi connectivity index (χ2n) is 5.60. The van der Waals surface area contributed by atoms with Crippen LogP contribution in [0.5, 0.6) is 0 Å². The lowest BCUT2D eigenvalue weighted by atomic mass is 10.1. The molecule has 1 aliphatic carbocycles. The standard InChI is InChI=1S/C15H27NO4/c1-2-3-4-5-6-8-16(9-7-10-17)14(18)12-11-13(12)15(19)20/h12-13,17H,2-11H2,1H3,(H,19,20). The number of rotatable bonds is 11. The topological polar surface area (TPSA) is 77.8 Å². The van der Waals surface area contributed by atoms with E-state index in [1.807, 2.05) is 0 Å². The number of carbonyl (C=O) groups is 2. The molecular formula is C15H27NO4. The molecule has 1 saturated carbocycles. The number of aliphatic hydroxyl groups is 1. The Labute approximate surface area is 121 Å². The number of unbranched alkanes of at least 4 members (excludes halogenated alkanes) is 4. The molecule has 0 aromatic heterocycles. The molecule has 20 heavy (non-hydrogen) atoms. The van der Waals surface area contributed by atoms with E-state index >= 15 is 0 Å². The first kappa shape index (κ1) is 17.0. The molecule has 2 unspecified atom stereocenters. The van der Waals surface area contributed by atoms with Crippen molar-refractivity contribution in [1.29, 1.82) is 0 Å². The minimum atomic E-state index is -0.867. The van der Waals surface area contributed by atoms with Crippen LogP contribution in [0.4, 0.5) is 0 Å². The average Bonchev–Trinajstić information content (AvgIpc) is 3.21. The normalized spacial score (nSPS) is 20.7. The second-order valence-corrected chi connectivity index (χ2v) is 5.60. The molecule has 1 fully saturated rings. The van der Waals surface area contributed by atoms with E-state index in [0.29, 0.717) is 25.9 Å². The highest BCUT2D eigenvalue weighted by Gasteiger charge is 2.49. The maximum absolute atomic E-state index is 12.2. The fourth-order valence-corrected chi connectivity index (χ4v) is 2.48. The first-order chi connectivity index (χ1) is 9.61. The van der Waals surface area contributed by atoms with Crippen LogP contribution in [0.2, 0.25) is 0 Å². The minimum Gasteiger partial charge on any atom is -0.481 e. The Hall–Kier alpha value is -1.10. The number of aliphatic hydroxyl groups excluding tert-OH is 1. The molecule has 1 amide bonds. The summed E-state index contributed by atoms with van der Waals surface area (Å²) in [5, 5.41) is 17.8. The molecule has 5 heteroatoms. The van der Waals surface area contributed by atoms with Gasteiger partial charge in [0.25, 0.3) is 0 Å². The van der Waals surface area contributed by atoms with E-state index in [9.17, 15) is 9.59 Å². The van der Waals surface area contributed by atoms with E-state index in [-0.39, 0.29) is 18.4 Å². The molecule has 1 aliphatic rings. The average molecular weight is 285 g/mol. The van der Waals surface area contributed by atoms with Crippen LogP contribution in [0.15, 0.2) is 0 Å². The first-order valence-corrected chi connectivity index (χ1v) is 7.74. The van der Waals surface area contributed by atoms with Crippen LogP contribution in [0.3, 0.4) is 0 Å². The molecule has 116 valence electrons. The summed E-state index contributed by atoms with van der Waals surface area (Å²) in [5.41, 5.74) is 0. The Kier molecular flexibility index (Phi) is 7.59. The van der Waals surface area contributed by atoms with Crippen LogP contribution in [-0.2, 0) is 9.59 Å². The maximum Gasteiger partial charge on any atom is 0.307 e. The highest BCUT2D eigenvalue weighted by atomic mass is 16.4. The van der Waals surface area contributed by atoms with Gasteiger partial charge in [-0.3, -0.25) is 9.59 Å². The predicted octanol–water partition coefficient (Wildman–Crippen LogP) is 1.89. The summed E-state index contributed by atoms with van der Waals surface area (Å²) in [7, 11) is 0. The predicted molar refractivity (Wildman–Crippen MR) is 76.3 cm³/mol. The molecule has 0 spiro atoms. The van der Waals surface area contributed by atoms with Crippen molar-refractivity contribution in [3.8, 4) is 0 Å². The lowest BCUT2D eigenvalue weighted by Crippen LogP contribution is -2.35. The van der Waals surface area contributed by atoms with Crippen molar-refractivity contribution in [3.63, 3.8) is 0 Å². The van der Waals surface area contributed by atoms with Gasteiger partial charge < -0.3 is 15.1 Å². The van der Waals surface area contributed by atoms with Gasteiger partial charge in [-0.05, 0) is 19.3 Å². The van der Waals surface area contributed by atoms with E-state index in [2.05, 4.69) is 6.92 Å². The van der Waals surface area contributed by atoms with Crippen LogP contribution in [0.1, 0.15) is 51.9 Å². The van der Waals surface area contributed by atoms with Crippen molar-refractivity contribution in [2.75, 3.05) is 19.7 Å². The lowest BCUT2D eigenvalue weighted by molar-refractivity contribution is -0.142. The third kappa shape index (κ3) is 5.49. The Morgan fingerprint density at radius 3 is 2.25 bits per heavy atom. The number of carboxylic acids is 1. The first-order valence-electron chi connectivity index (χ1n) is 7.74. The van der Waals surface area contributed by atoms with Gasteiger partial charge in [-0.1, -0.05) is 32.6 Å². The van der Waals surface area contributed by atoms with Crippen molar-refractivity contribution < 1.29 is 19.8 Å². The molecule has 2 atom stereocenters. The number of carbonyl (C=O) groups excluding carboxylic acids is 1. The third-order valence-corrected chi connectivity index (χ3v) is 3.85. The summed E-state index contributed by atoms with van der Waals surface area (Å²) in [6.45, 7) is 3.44. The van der Waals surface area contributed by atoms with Crippen molar-refractivity contribution in [1.82, 2.24) is 4.90 Å². The van der Waals surface area contributed by atoms with Crippen LogP contribution in [0.25, 0.3) is 0 Å². The Morgan fingerprint density at radius 1 is 1.05 bits per heavy atom. The molecule has 0 aromatic rings. The van der Waals surface area contributed by atoms with Crippen molar-refractivity contribution in [3.05, 3.63) is 0 Å². The number of hydrogen-bond donors (Lipinski definition) is 2. The molecular weight excluding hydrogens is 258 g/mol. The molecule has 0 radical (unpaired) electrons. The molecule has 0 heterocycles. The quantitative estimate of drug-likeness (QED) is 0.568. The zero-order valence-corrected chi connectivity index (χ0v) is 12.4. The zero-order chi connectivity index (χ0) is 15.0. The highest BCUT2D eigenvalue weighted by Crippen LogP contribution is 2.40. The molecule has 0 aliphatic heterocycles. The van der Waals surface area contributed by atoms with Gasteiger partial charge >= 0.3 is 5.97 Å². The number of amides is 1. The Balaban J connectivity index is 2.35. The van der Waals surface area contributed by atoms with Gasteiger partial charge in [-0.2, -0.15) is 0 Å². The van der Waals surface area contributed by atoms with Gasteiger partial charge in [-0.15, -0.1) is 0 Å². The van der Waals surface area contributed by atoms with E-state index in [4.69, 9.17) is 10.2 Å². The fraction of sp³-hybridized carbons (Fsp3) is 0.867. The van der Waals surface area contributed by atoms with Crippen LogP contribution in [0, 0.1) is 11.8 Å². The minimum absolute atomic E-state index is 0.0404. The van der Waals surface area contributed by atoms with E-state index in [0.717, 1.165) is 12.8 Å². The summed E-state index contributed by atoms with van der Waals surface area (Å²) in [4.78, 5) is 24.8. The summed E-state index contributed by atoms with van der Waals surface area (Å²) < 4.78 is 0. The van der Waals surface area contributed by atoms with E-state index in [1.54, 1.807) is 4.90 Å². The summed E-state index contributed by atoms with van der Waals surface area (Å²) in [6.07, 6.45) is 6.68. The largest absolute Gasteiger partial charge is 0.481 e. The monoisotopic (exact) mass is 285 g/mol. The van der Waals surface area contributed by atoms with Crippen LogP contribution < -0.4 is 0 Å². The number of nitrogens with zero attached hydrogens (tertiary/aromatic N) is 1. The van der Waals surface area contributed by atoms with Gasteiger partial charge in [0.1, 0.15) is 0 Å². The SMILES string of the molecule is CCCCCCCN(CCCO)C(=O)C1CC1C(=O)O. The maximum atomic E-state index is 12.2. The zero-order valence-electron chi connectivity index (χ0n) is 12.4. The number of hydrogen-bond acceptors (Lipinski definition) is 3. The second kappa shape index (κ2) is 8.95. The van der Waals surface area contributed by atoms with E-state index < -0.39 is 11.9 Å². The summed E-state index contributed by atoms with van der Waals surface area (Å²) in [5.74, 6) is -1.73. The number of aliphatic carboxylic acids is 1. The lowest BCUT2D eigenvalue weighted by Gasteiger charge is -2.22. The van der Waals surface area contributed by atoms with Crippen molar-refractivity contribution >= 4 is 11.9 Å².